The summed E-state index contributed by atoms with van der Waals surface area (Å²) in [5.41, 5.74) is 0.859. The summed E-state index contributed by atoms with van der Waals surface area (Å²) in [6.45, 7) is 2.32. The van der Waals surface area contributed by atoms with Crippen molar-refractivity contribution < 1.29 is 5.11 Å². The number of rotatable bonds is 3. The van der Waals surface area contributed by atoms with Gasteiger partial charge in [0.25, 0.3) is 0 Å². The molecule has 0 radical (unpaired) electrons. The van der Waals surface area contributed by atoms with Crippen LogP contribution in [0.3, 0.4) is 0 Å². The van der Waals surface area contributed by atoms with Crippen molar-refractivity contribution in [3.05, 3.63) is 28.8 Å². The van der Waals surface area contributed by atoms with E-state index in [-0.39, 0.29) is 12.1 Å². The molecule has 0 atom stereocenters. The molecule has 19 heavy (non-hydrogen) atoms. The van der Waals surface area contributed by atoms with Gasteiger partial charge in [-0.1, -0.05) is 24.6 Å². The highest BCUT2D eigenvalue weighted by Gasteiger charge is 2.34. The number of aliphatic hydroxyl groups is 1. The van der Waals surface area contributed by atoms with E-state index in [9.17, 15) is 10.4 Å². The van der Waals surface area contributed by atoms with Crippen molar-refractivity contribution >= 4 is 17.3 Å². The number of nitrogens with one attached hydrogen (secondary N) is 1. The molecule has 0 unspecified atom stereocenters. The molecule has 3 nitrogen and oxygen atoms in total. The van der Waals surface area contributed by atoms with E-state index in [1.165, 1.54) is 0 Å². The fourth-order valence-electron chi connectivity index (χ4n) is 2.66. The van der Waals surface area contributed by atoms with E-state index < -0.39 is 0 Å². The zero-order valence-corrected chi connectivity index (χ0v) is 11.9. The summed E-state index contributed by atoms with van der Waals surface area (Å²) < 4.78 is 0. The quantitative estimate of drug-likeness (QED) is 0.889. The number of hydrogen-bond donors (Lipinski definition) is 2. The van der Waals surface area contributed by atoms with Crippen LogP contribution >= 0.6 is 11.6 Å². The first-order chi connectivity index (χ1) is 9.10. The maximum atomic E-state index is 9.74. The van der Waals surface area contributed by atoms with Gasteiger partial charge in [0.15, 0.2) is 0 Å². The molecular weight excluding hydrogens is 260 g/mol. The number of hydrogen-bond acceptors (Lipinski definition) is 3. The molecule has 0 amide bonds. The molecule has 0 heterocycles. The standard InChI is InChI=1S/C15H19ClN2O/c1-11-5-7-15(10-19,8-6-11)18-14-4-2-3-13(16)12(14)9-17/h2-4,11,18-19H,5-8,10H2,1H3. The Morgan fingerprint density at radius 3 is 2.74 bits per heavy atom. The van der Waals surface area contributed by atoms with Crippen molar-refractivity contribution in [1.82, 2.24) is 0 Å². The predicted molar refractivity (Wildman–Crippen MR) is 77.2 cm³/mol. The molecule has 102 valence electrons. The van der Waals surface area contributed by atoms with Crippen LogP contribution in [0, 0.1) is 17.2 Å². The molecule has 0 aliphatic heterocycles. The first-order valence-corrected chi connectivity index (χ1v) is 7.06. The Labute approximate surface area is 119 Å². The van der Waals surface area contributed by atoms with Gasteiger partial charge in [-0.05, 0) is 43.7 Å². The van der Waals surface area contributed by atoms with E-state index in [0.29, 0.717) is 16.5 Å². The summed E-state index contributed by atoms with van der Waals surface area (Å²) in [5, 5.41) is 22.8. The lowest BCUT2D eigenvalue weighted by Crippen LogP contribution is -2.45. The summed E-state index contributed by atoms with van der Waals surface area (Å²) in [4.78, 5) is 0. The number of anilines is 1. The molecular formula is C15H19ClN2O. The van der Waals surface area contributed by atoms with E-state index >= 15 is 0 Å². The van der Waals surface area contributed by atoms with Crippen LogP contribution in [0.4, 0.5) is 5.69 Å². The van der Waals surface area contributed by atoms with Crippen molar-refractivity contribution in [2.75, 3.05) is 11.9 Å². The molecule has 0 aromatic heterocycles. The van der Waals surface area contributed by atoms with Crippen LogP contribution in [0.15, 0.2) is 18.2 Å². The topological polar surface area (TPSA) is 56.0 Å². The lowest BCUT2D eigenvalue weighted by atomic mass is 9.77. The van der Waals surface area contributed by atoms with Gasteiger partial charge in [0, 0.05) is 0 Å². The van der Waals surface area contributed by atoms with E-state index in [4.69, 9.17) is 11.6 Å². The van der Waals surface area contributed by atoms with Gasteiger partial charge in [-0.25, -0.2) is 0 Å². The Hall–Kier alpha value is -1.24. The average Bonchev–Trinajstić information content (AvgIpc) is 2.42. The van der Waals surface area contributed by atoms with Gasteiger partial charge in [0.1, 0.15) is 6.07 Å². The number of aliphatic hydroxyl groups excluding tert-OH is 1. The fraction of sp³-hybridized carbons (Fsp3) is 0.533. The fourth-order valence-corrected chi connectivity index (χ4v) is 2.88. The molecule has 0 spiro atoms. The summed E-state index contributed by atoms with van der Waals surface area (Å²) >= 11 is 6.03. The summed E-state index contributed by atoms with van der Waals surface area (Å²) in [5.74, 6) is 0.705. The Morgan fingerprint density at radius 1 is 1.47 bits per heavy atom. The van der Waals surface area contributed by atoms with Gasteiger partial charge >= 0.3 is 0 Å². The summed E-state index contributed by atoms with van der Waals surface area (Å²) in [7, 11) is 0. The molecule has 1 aromatic rings. The van der Waals surface area contributed by atoms with E-state index in [2.05, 4.69) is 18.3 Å². The Balaban J connectivity index is 2.24. The maximum absolute atomic E-state index is 9.74. The number of nitriles is 1. The van der Waals surface area contributed by atoms with Crippen LogP contribution in [-0.2, 0) is 0 Å². The molecule has 1 fully saturated rings. The van der Waals surface area contributed by atoms with Crippen LogP contribution in [0.25, 0.3) is 0 Å². The van der Waals surface area contributed by atoms with Gasteiger partial charge in [-0.3, -0.25) is 0 Å². The molecule has 0 saturated heterocycles. The molecule has 0 bridgehead atoms. The third-order valence-electron chi connectivity index (χ3n) is 4.06. The Bertz CT molecular complexity index is 487. The van der Waals surface area contributed by atoms with Crippen LogP contribution < -0.4 is 5.32 Å². The molecule has 2 N–H and O–H groups in total. The highest BCUT2D eigenvalue weighted by Crippen LogP contribution is 2.36. The van der Waals surface area contributed by atoms with Crippen molar-refractivity contribution in [3.8, 4) is 6.07 Å². The van der Waals surface area contributed by atoms with Gasteiger partial charge in [0.05, 0.1) is 28.4 Å². The second-order valence-corrected chi connectivity index (χ2v) is 5.93. The van der Waals surface area contributed by atoms with Crippen LogP contribution in [0.2, 0.25) is 5.02 Å². The van der Waals surface area contributed by atoms with Gasteiger partial charge in [-0.15, -0.1) is 0 Å². The smallest absolute Gasteiger partial charge is 0.103 e. The molecule has 1 aliphatic rings. The monoisotopic (exact) mass is 278 g/mol. The first kappa shape index (κ1) is 14.2. The predicted octanol–water partition coefficient (Wildman–Crippen LogP) is 3.56. The molecule has 1 aromatic carbocycles. The van der Waals surface area contributed by atoms with Crippen molar-refractivity contribution in [1.29, 1.82) is 5.26 Å². The maximum Gasteiger partial charge on any atom is 0.103 e. The normalized spacial score (nSPS) is 26.7. The lowest BCUT2D eigenvalue weighted by molar-refractivity contribution is 0.155. The van der Waals surface area contributed by atoms with E-state index in [1.807, 2.05) is 12.1 Å². The zero-order chi connectivity index (χ0) is 13.9. The van der Waals surface area contributed by atoms with Gasteiger partial charge < -0.3 is 10.4 Å². The molecule has 4 heteroatoms. The minimum atomic E-state index is -0.317. The summed E-state index contributed by atoms with van der Waals surface area (Å²) in [6, 6.07) is 7.50. The van der Waals surface area contributed by atoms with Gasteiger partial charge in [-0.2, -0.15) is 5.26 Å². The summed E-state index contributed by atoms with van der Waals surface area (Å²) in [6.07, 6.45) is 4.02. The molecule has 2 rings (SSSR count). The second kappa shape index (κ2) is 5.81. The Morgan fingerprint density at radius 2 is 2.16 bits per heavy atom. The number of nitrogens with zero attached hydrogens (tertiary/aromatic N) is 1. The second-order valence-electron chi connectivity index (χ2n) is 5.52. The van der Waals surface area contributed by atoms with E-state index in [1.54, 1.807) is 6.07 Å². The lowest BCUT2D eigenvalue weighted by Gasteiger charge is -2.39. The van der Waals surface area contributed by atoms with Crippen molar-refractivity contribution in [2.24, 2.45) is 5.92 Å². The SMILES string of the molecule is CC1CCC(CO)(Nc2cccc(Cl)c2C#N)CC1. The first-order valence-electron chi connectivity index (χ1n) is 6.68. The average molecular weight is 279 g/mol. The van der Waals surface area contributed by atoms with Crippen molar-refractivity contribution in [2.45, 2.75) is 38.1 Å². The third kappa shape index (κ3) is 3.02. The molecule has 1 aliphatic carbocycles. The van der Waals surface area contributed by atoms with Crippen LogP contribution in [0.1, 0.15) is 38.2 Å². The van der Waals surface area contributed by atoms with E-state index in [0.717, 1.165) is 31.4 Å². The largest absolute Gasteiger partial charge is 0.394 e. The van der Waals surface area contributed by atoms with Crippen LogP contribution in [0.5, 0.6) is 0 Å². The Kier molecular flexibility index (Phi) is 4.34. The third-order valence-corrected chi connectivity index (χ3v) is 4.37. The number of halogens is 1. The molecule has 1 saturated carbocycles. The minimum absolute atomic E-state index is 0.0805. The minimum Gasteiger partial charge on any atom is -0.394 e. The van der Waals surface area contributed by atoms with Crippen molar-refractivity contribution in [3.63, 3.8) is 0 Å². The van der Waals surface area contributed by atoms with Gasteiger partial charge in [0.2, 0.25) is 0 Å². The highest BCUT2D eigenvalue weighted by atomic mass is 35.5. The number of benzene rings is 1. The van der Waals surface area contributed by atoms with Crippen LogP contribution in [-0.4, -0.2) is 17.3 Å². The highest BCUT2D eigenvalue weighted by molar-refractivity contribution is 6.32. The zero-order valence-electron chi connectivity index (χ0n) is 11.1.